The van der Waals surface area contributed by atoms with Crippen molar-refractivity contribution in [3.05, 3.63) is 29.3 Å². The Morgan fingerprint density at radius 1 is 1.26 bits per heavy atom. The molecule has 0 spiro atoms. The molecule has 0 bridgehead atoms. The first-order chi connectivity index (χ1) is 12.5. The molecule has 1 unspecified atom stereocenters. The molecule has 0 aromatic heterocycles. The van der Waals surface area contributed by atoms with Gasteiger partial charge in [-0.1, -0.05) is 26.0 Å². The van der Waals surface area contributed by atoms with Crippen LogP contribution in [0.5, 0.6) is 5.75 Å². The number of rotatable bonds is 7. The van der Waals surface area contributed by atoms with Crippen LogP contribution in [0.3, 0.4) is 0 Å². The Hall–Kier alpha value is -1.06. The number of hydrogen-bond donors (Lipinski definition) is 2. The van der Waals surface area contributed by atoms with Gasteiger partial charge in [-0.25, -0.2) is 0 Å². The fourth-order valence-electron chi connectivity index (χ4n) is 3.29. The second-order valence-electron chi connectivity index (χ2n) is 7.08. The third-order valence-electron chi connectivity index (χ3n) is 4.88. The van der Waals surface area contributed by atoms with Crippen LogP contribution in [-0.4, -0.2) is 63.9 Å². The number of morpholine rings is 1. The van der Waals surface area contributed by atoms with Crippen molar-refractivity contribution in [2.75, 3.05) is 47.0 Å². The molecular formula is C20H35IN4O2. The SMILES string of the molecule is CN=C(NCc1ccc(C)cc1OC)NCC(C(C)C)N1CCOCC1.I. The fourth-order valence-corrected chi connectivity index (χ4v) is 3.29. The van der Waals surface area contributed by atoms with Gasteiger partial charge in [-0.05, 0) is 24.5 Å². The fraction of sp³-hybridized carbons (Fsp3) is 0.650. The summed E-state index contributed by atoms with van der Waals surface area (Å²) in [6.07, 6.45) is 0. The number of hydrogen-bond acceptors (Lipinski definition) is 4. The van der Waals surface area contributed by atoms with Crippen LogP contribution in [0.2, 0.25) is 0 Å². The van der Waals surface area contributed by atoms with Crippen LogP contribution in [0.1, 0.15) is 25.0 Å². The Bertz CT molecular complexity index is 589. The van der Waals surface area contributed by atoms with Crippen molar-refractivity contribution in [1.29, 1.82) is 0 Å². The highest BCUT2D eigenvalue weighted by Crippen LogP contribution is 2.19. The summed E-state index contributed by atoms with van der Waals surface area (Å²) in [4.78, 5) is 6.87. The molecule has 154 valence electrons. The number of guanidine groups is 1. The van der Waals surface area contributed by atoms with Crippen molar-refractivity contribution in [1.82, 2.24) is 15.5 Å². The van der Waals surface area contributed by atoms with Crippen LogP contribution in [0.15, 0.2) is 23.2 Å². The van der Waals surface area contributed by atoms with E-state index in [1.54, 1.807) is 14.2 Å². The normalized spacial score (nSPS) is 16.6. The molecule has 27 heavy (non-hydrogen) atoms. The van der Waals surface area contributed by atoms with E-state index in [9.17, 15) is 0 Å². The maximum atomic E-state index is 5.48. The van der Waals surface area contributed by atoms with E-state index in [2.05, 4.69) is 59.5 Å². The van der Waals surface area contributed by atoms with Crippen molar-refractivity contribution >= 4 is 29.9 Å². The van der Waals surface area contributed by atoms with E-state index in [4.69, 9.17) is 9.47 Å². The Balaban J connectivity index is 0.00000364. The minimum absolute atomic E-state index is 0. The van der Waals surface area contributed by atoms with Gasteiger partial charge in [-0.15, -0.1) is 24.0 Å². The standard InChI is InChI=1S/C20H34N4O2.HI/c1-15(2)18(24-8-10-26-11-9-24)14-23-20(21-4)22-13-17-7-6-16(3)12-19(17)25-5;/h6-7,12,15,18H,8-11,13-14H2,1-5H3,(H2,21,22,23);1H. The molecule has 0 saturated carbocycles. The Labute approximate surface area is 181 Å². The van der Waals surface area contributed by atoms with E-state index >= 15 is 0 Å². The highest BCUT2D eigenvalue weighted by molar-refractivity contribution is 14.0. The average Bonchev–Trinajstić information content (AvgIpc) is 2.65. The molecule has 1 aliphatic heterocycles. The molecule has 1 heterocycles. The quantitative estimate of drug-likeness (QED) is 0.350. The minimum atomic E-state index is 0. The summed E-state index contributed by atoms with van der Waals surface area (Å²) in [6.45, 7) is 11.8. The maximum absolute atomic E-state index is 5.48. The van der Waals surface area contributed by atoms with Gasteiger partial charge in [0.15, 0.2) is 5.96 Å². The van der Waals surface area contributed by atoms with Gasteiger partial charge >= 0.3 is 0 Å². The van der Waals surface area contributed by atoms with E-state index < -0.39 is 0 Å². The first-order valence-electron chi connectivity index (χ1n) is 9.45. The van der Waals surface area contributed by atoms with Crippen LogP contribution in [0, 0.1) is 12.8 Å². The van der Waals surface area contributed by atoms with E-state index in [0.717, 1.165) is 50.1 Å². The van der Waals surface area contributed by atoms with Crippen molar-refractivity contribution < 1.29 is 9.47 Å². The molecule has 1 aromatic rings. The number of nitrogens with zero attached hydrogens (tertiary/aromatic N) is 2. The topological polar surface area (TPSA) is 58.1 Å². The van der Waals surface area contributed by atoms with Gasteiger partial charge in [0.05, 0.1) is 20.3 Å². The van der Waals surface area contributed by atoms with Gasteiger partial charge in [0.1, 0.15) is 5.75 Å². The zero-order chi connectivity index (χ0) is 18.9. The molecule has 0 aliphatic carbocycles. The van der Waals surface area contributed by atoms with E-state index in [1.807, 2.05) is 0 Å². The maximum Gasteiger partial charge on any atom is 0.191 e. The smallest absolute Gasteiger partial charge is 0.191 e. The van der Waals surface area contributed by atoms with Crippen molar-refractivity contribution in [3.63, 3.8) is 0 Å². The van der Waals surface area contributed by atoms with Gasteiger partial charge in [0, 0.05) is 44.8 Å². The number of methoxy groups -OCH3 is 1. The van der Waals surface area contributed by atoms with Crippen molar-refractivity contribution in [3.8, 4) is 5.75 Å². The van der Waals surface area contributed by atoms with Crippen LogP contribution in [0.4, 0.5) is 0 Å². The Kier molecular flexibility index (Phi) is 11.0. The monoisotopic (exact) mass is 490 g/mol. The first kappa shape index (κ1) is 24.0. The second-order valence-corrected chi connectivity index (χ2v) is 7.08. The van der Waals surface area contributed by atoms with E-state index in [1.165, 1.54) is 5.56 Å². The third-order valence-corrected chi connectivity index (χ3v) is 4.88. The number of aryl methyl sites for hydroxylation is 1. The zero-order valence-electron chi connectivity index (χ0n) is 17.2. The third kappa shape index (κ3) is 7.46. The molecule has 7 heteroatoms. The van der Waals surface area contributed by atoms with Crippen LogP contribution in [-0.2, 0) is 11.3 Å². The second kappa shape index (κ2) is 12.4. The largest absolute Gasteiger partial charge is 0.496 e. The molecule has 1 aromatic carbocycles. The summed E-state index contributed by atoms with van der Waals surface area (Å²) < 4.78 is 11.0. The lowest BCUT2D eigenvalue weighted by molar-refractivity contribution is 0.00752. The lowest BCUT2D eigenvalue weighted by Crippen LogP contribution is -2.52. The molecule has 1 atom stereocenters. The lowest BCUT2D eigenvalue weighted by Gasteiger charge is -2.37. The van der Waals surface area contributed by atoms with Gasteiger partial charge < -0.3 is 20.1 Å². The molecule has 0 amide bonds. The average molecular weight is 490 g/mol. The molecular weight excluding hydrogens is 455 g/mol. The lowest BCUT2D eigenvalue weighted by atomic mass is 10.0. The number of nitrogens with one attached hydrogen (secondary N) is 2. The summed E-state index contributed by atoms with van der Waals surface area (Å²) >= 11 is 0. The van der Waals surface area contributed by atoms with E-state index in [-0.39, 0.29) is 24.0 Å². The Morgan fingerprint density at radius 2 is 1.96 bits per heavy atom. The minimum Gasteiger partial charge on any atom is -0.496 e. The summed E-state index contributed by atoms with van der Waals surface area (Å²) in [5, 5.41) is 6.88. The number of ether oxygens (including phenoxy) is 2. The molecule has 1 aliphatic rings. The van der Waals surface area contributed by atoms with Crippen molar-refractivity contribution in [2.45, 2.75) is 33.4 Å². The molecule has 1 fully saturated rings. The van der Waals surface area contributed by atoms with Gasteiger partial charge in [0.2, 0.25) is 0 Å². The number of benzene rings is 1. The predicted octanol–water partition coefficient (Wildman–Crippen LogP) is 2.64. The van der Waals surface area contributed by atoms with Crippen LogP contribution >= 0.6 is 24.0 Å². The summed E-state index contributed by atoms with van der Waals surface area (Å²) in [5.41, 5.74) is 2.31. The predicted molar refractivity (Wildman–Crippen MR) is 122 cm³/mol. The Morgan fingerprint density at radius 3 is 2.56 bits per heavy atom. The van der Waals surface area contributed by atoms with Gasteiger partial charge in [-0.3, -0.25) is 9.89 Å². The number of aliphatic imine (C=N–C) groups is 1. The number of halogens is 1. The first-order valence-corrected chi connectivity index (χ1v) is 9.45. The van der Waals surface area contributed by atoms with Crippen molar-refractivity contribution in [2.24, 2.45) is 10.9 Å². The summed E-state index contributed by atoms with van der Waals surface area (Å²) in [7, 11) is 3.52. The van der Waals surface area contributed by atoms with E-state index in [0.29, 0.717) is 18.5 Å². The summed E-state index contributed by atoms with van der Waals surface area (Å²) in [5.74, 6) is 2.28. The van der Waals surface area contributed by atoms with Crippen LogP contribution in [0.25, 0.3) is 0 Å². The van der Waals surface area contributed by atoms with Crippen LogP contribution < -0.4 is 15.4 Å². The molecule has 1 saturated heterocycles. The highest BCUT2D eigenvalue weighted by Gasteiger charge is 2.23. The van der Waals surface area contributed by atoms with Gasteiger partial charge in [0.25, 0.3) is 0 Å². The summed E-state index contributed by atoms with van der Waals surface area (Å²) in [6, 6.07) is 6.72. The van der Waals surface area contributed by atoms with Gasteiger partial charge in [-0.2, -0.15) is 0 Å². The highest BCUT2D eigenvalue weighted by atomic mass is 127. The zero-order valence-corrected chi connectivity index (χ0v) is 19.6. The molecule has 2 N–H and O–H groups in total. The molecule has 0 radical (unpaired) electrons. The molecule has 2 rings (SSSR count). The molecule has 6 nitrogen and oxygen atoms in total.